The maximum absolute atomic E-state index is 15.1. The lowest BCUT2D eigenvalue weighted by Gasteiger charge is -2.25. The zero-order chi connectivity index (χ0) is 25.8. The molecule has 5 rings (SSSR count). The number of rotatable bonds is 7. The summed E-state index contributed by atoms with van der Waals surface area (Å²) in [5, 5.41) is 3.85. The van der Waals surface area contributed by atoms with Crippen LogP contribution in [-0.2, 0) is 4.79 Å². The number of hydrogen-bond donors (Lipinski definition) is 2. The van der Waals surface area contributed by atoms with Gasteiger partial charge in [0.15, 0.2) is 5.78 Å². The van der Waals surface area contributed by atoms with Crippen molar-refractivity contribution in [2.24, 2.45) is 0 Å². The highest BCUT2D eigenvalue weighted by Gasteiger charge is 2.25. The van der Waals surface area contributed by atoms with E-state index in [1.165, 1.54) is 24.7 Å². The van der Waals surface area contributed by atoms with Gasteiger partial charge in [-0.15, -0.1) is 11.6 Å². The number of H-pyrrole nitrogens is 1. The molecular formula is C27H25ClFN5O3. The van der Waals surface area contributed by atoms with Gasteiger partial charge in [-0.1, -0.05) is 18.2 Å². The number of likely N-dealkylation sites (tertiary alicyclic amines) is 1. The highest BCUT2D eigenvalue weighted by molar-refractivity contribution is 6.27. The third kappa shape index (κ3) is 5.41. The van der Waals surface area contributed by atoms with Crippen molar-refractivity contribution in [1.82, 2.24) is 19.9 Å². The molecule has 0 spiro atoms. The van der Waals surface area contributed by atoms with Crippen LogP contribution in [0, 0.1) is 5.82 Å². The zero-order valence-corrected chi connectivity index (χ0v) is 20.7. The number of carbonyl (C=O) groups excluding carboxylic acids is 2. The summed E-state index contributed by atoms with van der Waals surface area (Å²) in [7, 11) is 0. The molecule has 190 valence electrons. The zero-order valence-electron chi connectivity index (χ0n) is 19.9. The second-order valence-electron chi connectivity index (χ2n) is 8.84. The van der Waals surface area contributed by atoms with Gasteiger partial charge in [0.05, 0.1) is 16.5 Å². The molecule has 10 heteroatoms. The Balaban J connectivity index is 1.41. The van der Waals surface area contributed by atoms with Crippen LogP contribution in [0.1, 0.15) is 35.2 Å². The van der Waals surface area contributed by atoms with Gasteiger partial charge in [-0.2, -0.15) is 0 Å². The summed E-state index contributed by atoms with van der Waals surface area (Å²) in [5.41, 5.74) is 0.605. The summed E-state index contributed by atoms with van der Waals surface area (Å²) in [4.78, 5) is 39.0. The maximum atomic E-state index is 15.1. The Labute approximate surface area is 217 Å². The van der Waals surface area contributed by atoms with E-state index >= 15 is 4.39 Å². The lowest BCUT2D eigenvalue weighted by atomic mass is 10.0. The Kier molecular flexibility index (Phi) is 7.32. The minimum atomic E-state index is -0.696. The molecule has 2 N–H and O–H groups in total. The van der Waals surface area contributed by atoms with Gasteiger partial charge >= 0.3 is 0 Å². The molecule has 1 atom stereocenters. The van der Waals surface area contributed by atoms with E-state index in [9.17, 15) is 9.59 Å². The number of nitrogens with one attached hydrogen (secondary N) is 2. The van der Waals surface area contributed by atoms with Crippen molar-refractivity contribution in [1.29, 1.82) is 0 Å². The van der Waals surface area contributed by atoms with Crippen LogP contribution < -0.4 is 10.1 Å². The summed E-state index contributed by atoms with van der Waals surface area (Å²) >= 11 is 5.77. The highest BCUT2D eigenvalue weighted by Crippen LogP contribution is 2.29. The van der Waals surface area contributed by atoms with Crippen LogP contribution in [0.4, 0.5) is 10.2 Å². The fourth-order valence-electron chi connectivity index (χ4n) is 4.53. The number of amides is 1. The van der Waals surface area contributed by atoms with Gasteiger partial charge < -0.3 is 19.9 Å². The number of hydrogen-bond acceptors (Lipinski definition) is 6. The van der Waals surface area contributed by atoms with Crippen molar-refractivity contribution >= 4 is 40.1 Å². The number of fused-ring (bicyclic) bond motifs is 1. The molecule has 1 aliphatic rings. The Morgan fingerprint density at radius 2 is 1.95 bits per heavy atom. The average molecular weight is 522 g/mol. The van der Waals surface area contributed by atoms with E-state index < -0.39 is 11.6 Å². The first-order valence-electron chi connectivity index (χ1n) is 12.0. The van der Waals surface area contributed by atoms with Crippen LogP contribution in [-0.4, -0.2) is 56.6 Å². The number of ether oxygens (including phenoxy) is 1. The van der Waals surface area contributed by atoms with Crippen molar-refractivity contribution in [2.75, 3.05) is 24.3 Å². The van der Waals surface area contributed by atoms with Crippen molar-refractivity contribution < 1.29 is 18.7 Å². The number of ketones is 1. The van der Waals surface area contributed by atoms with Crippen molar-refractivity contribution in [3.63, 3.8) is 0 Å². The number of alkyl halides is 1. The van der Waals surface area contributed by atoms with Gasteiger partial charge in [0.2, 0.25) is 5.91 Å². The first-order valence-corrected chi connectivity index (χ1v) is 12.6. The second kappa shape index (κ2) is 11.0. The molecule has 0 radical (unpaired) electrons. The predicted octanol–water partition coefficient (Wildman–Crippen LogP) is 5.15. The van der Waals surface area contributed by atoms with Crippen LogP contribution in [0.2, 0.25) is 0 Å². The highest BCUT2D eigenvalue weighted by atomic mass is 35.5. The van der Waals surface area contributed by atoms with E-state index in [1.54, 1.807) is 23.1 Å². The van der Waals surface area contributed by atoms with Crippen LogP contribution in [0.3, 0.4) is 0 Å². The molecule has 1 amide bonds. The molecule has 0 bridgehead atoms. The molecule has 1 fully saturated rings. The van der Waals surface area contributed by atoms with Crippen LogP contribution in [0.5, 0.6) is 11.5 Å². The topological polar surface area (TPSA) is 100 Å². The summed E-state index contributed by atoms with van der Waals surface area (Å²) in [6.45, 7) is 1.13. The fourth-order valence-corrected chi connectivity index (χ4v) is 4.70. The van der Waals surface area contributed by atoms with E-state index in [0.29, 0.717) is 35.7 Å². The summed E-state index contributed by atoms with van der Waals surface area (Å²) in [6, 6.07) is 13.1. The quantitative estimate of drug-likeness (QED) is 0.258. The molecule has 1 saturated heterocycles. The first kappa shape index (κ1) is 24.7. The molecule has 1 unspecified atom stereocenters. The Hall–Kier alpha value is -3.98. The standard InChI is InChI=1S/C27H25ClFN5O3/c28-13-23(35)34-11-5-4-6-17(15-34)33-27-24-21(14-30-26(24)31-16-32-27)25(36)20-10-9-19(12-22(20)29)37-18-7-2-1-3-8-18/h1-3,7-10,12,14,16-17H,4-6,11,13,15H2,(H2,30,31,32,33). The molecule has 2 aromatic carbocycles. The lowest BCUT2D eigenvalue weighted by Crippen LogP contribution is -2.40. The van der Waals surface area contributed by atoms with E-state index in [-0.39, 0.29) is 34.7 Å². The number of anilines is 1. The van der Waals surface area contributed by atoms with Gasteiger partial charge in [0, 0.05) is 31.4 Å². The number of benzene rings is 2. The molecule has 3 heterocycles. The number of para-hydroxylation sites is 1. The number of halogens is 2. The van der Waals surface area contributed by atoms with Gasteiger partial charge in [-0.3, -0.25) is 9.59 Å². The van der Waals surface area contributed by atoms with Gasteiger partial charge in [0.25, 0.3) is 0 Å². The number of aromatic nitrogens is 3. The summed E-state index contributed by atoms with van der Waals surface area (Å²) in [6.07, 6.45) is 5.54. The predicted molar refractivity (Wildman–Crippen MR) is 139 cm³/mol. The van der Waals surface area contributed by atoms with Crippen LogP contribution in [0.25, 0.3) is 11.0 Å². The minimum absolute atomic E-state index is 0.0678. The van der Waals surface area contributed by atoms with Crippen molar-refractivity contribution in [3.8, 4) is 11.5 Å². The van der Waals surface area contributed by atoms with E-state index in [0.717, 1.165) is 19.3 Å². The van der Waals surface area contributed by atoms with Gasteiger partial charge in [-0.25, -0.2) is 14.4 Å². The fraction of sp³-hybridized carbons (Fsp3) is 0.259. The van der Waals surface area contributed by atoms with E-state index in [4.69, 9.17) is 16.3 Å². The van der Waals surface area contributed by atoms with Crippen LogP contribution in [0.15, 0.2) is 61.1 Å². The molecule has 0 aliphatic carbocycles. The lowest BCUT2D eigenvalue weighted by molar-refractivity contribution is -0.128. The monoisotopic (exact) mass is 521 g/mol. The Morgan fingerprint density at radius 3 is 2.73 bits per heavy atom. The SMILES string of the molecule is O=C(c1ccc(Oc2ccccc2)cc1F)c1c[nH]c2ncnc(NC3CCCCN(C(=O)CCl)C3)c12. The number of nitrogens with zero attached hydrogens (tertiary/aromatic N) is 3. The molecule has 8 nitrogen and oxygen atoms in total. The molecule has 37 heavy (non-hydrogen) atoms. The normalized spacial score (nSPS) is 15.8. The van der Waals surface area contributed by atoms with Crippen molar-refractivity contribution in [3.05, 3.63) is 78.0 Å². The van der Waals surface area contributed by atoms with Gasteiger partial charge in [-0.05, 0) is 43.5 Å². The average Bonchev–Trinajstić information content (AvgIpc) is 3.22. The maximum Gasteiger partial charge on any atom is 0.237 e. The molecule has 2 aromatic heterocycles. The molecule has 4 aromatic rings. The largest absolute Gasteiger partial charge is 0.457 e. The minimum Gasteiger partial charge on any atom is -0.457 e. The van der Waals surface area contributed by atoms with Gasteiger partial charge in [0.1, 0.15) is 41.0 Å². The molecular weight excluding hydrogens is 497 g/mol. The smallest absolute Gasteiger partial charge is 0.237 e. The summed E-state index contributed by atoms with van der Waals surface area (Å²) in [5.74, 6) is -0.0859. The second-order valence-corrected chi connectivity index (χ2v) is 9.11. The summed E-state index contributed by atoms with van der Waals surface area (Å²) < 4.78 is 20.7. The van der Waals surface area contributed by atoms with Crippen molar-refractivity contribution in [2.45, 2.75) is 25.3 Å². The Morgan fingerprint density at radius 1 is 1.11 bits per heavy atom. The third-order valence-corrected chi connectivity index (χ3v) is 6.59. The van der Waals surface area contributed by atoms with E-state index in [2.05, 4.69) is 20.3 Å². The number of carbonyl (C=O) groups is 2. The molecule has 0 saturated carbocycles. The number of aromatic amines is 1. The Bertz CT molecular complexity index is 1430. The third-order valence-electron chi connectivity index (χ3n) is 6.36. The van der Waals surface area contributed by atoms with Crippen LogP contribution >= 0.6 is 11.6 Å². The first-order chi connectivity index (χ1) is 18.0. The van der Waals surface area contributed by atoms with E-state index in [1.807, 2.05) is 18.2 Å². The molecule has 1 aliphatic heterocycles.